The molecule has 21 heavy (non-hydrogen) atoms. The van der Waals surface area contributed by atoms with Gasteiger partial charge in [0.2, 0.25) is 0 Å². The number of nitrogens with one attached hydrogen (secondary N) is 2. The number of aliphatic imine (C=N–C) groups is 1. The highest BCUT2D eigenvalue weighted by molar-refractivity contribution is 5.94. The van der Waals surface area contributed by atoms with E-state index in [0.717, 1.165) is 18.8 Å². The van der Waals surface area contributed by atoms with Gasteiger partial charge in [0.05, 0.1) is 6.04 Å². The normalized spacial score (nSPS) is 26.5. The molecule has 0 aromatic heterocycles. The topological polar surface area (TPSA) is 62.4 Å². The third-order valence-corrected chi connectivity index (χ3v) is 4.08. The van der Waals surface area contributed by atoms with E-state index >= 15 is 0 Å². The minimum Gasteiger partial charge on any atom is -0.353 e. The van der Waals surface area contributed by atoms with Gasteiger partial charge in [0.15, 0.2) is 5.96 Å². The first-order valence-corrected chi connectivity index (χ1v) is 7.83. The zero-order valence-electron chi connectivity index (χ0n) is 12.2. The van der Waals surface area contributed by atoms with Crippen molar-refractivity contribution in [3.05, 3.63) is 30.1 Å². The molecule has 4 nitrogen and oxygen atoms in total. The van der Waals surface area contributed by atoms with Gasteiger partial charge in [0.1, 0.15) is 5.82 Å². The van der Waals surface area contributed by atoms with Crippen LogP contribution in [0, 0.1) is 5.82 Å². The van der Waals surface area contributed by atoms with Crippen molar-refractivity contribution in [3.8, 4) is 0 Å². The summed E-state index contributed by atoms with van der Waals surface area (Å²) in [5, 5.41) is 6.59. The zero-order valence-corrected chi connectivity index (χ0v) is 12.2. The molecule has 0 heterocycles. The van der Waals surface area contributed by atoms with Crippen molar-refractivity contribution < 1.29 is 4.39 Å². The first-order valence-electron chi connectivity index (χ1n) is 7.83. The summed E-state index contributed by atoms with van der Waals surface area (Å²) in [6.07, 6.45) is 6.77. The Morgan fingerprint density at radius 2 is 2.00 bits per heavy atom. The van der Waals surface area contributed by atoms with Crippen LogP contribution in [0.3, 0.4) is 0 Å². The molecule has 4 N–H and O–H groups in total. The lowest BCUT2D eigenvalue weighted by molar-refractivity contribution is 0.386. The van der Waals surface area contributed by atoms with Crippen molar-refractivity contribution in [2.45, 2.75) is 56.7 Å². The molecule has 2 aliphatic carbocycles. The minimum atomic E-state index is -0.250. The average molecular weight is 290 g/mol. The van der Waals surface area contributed by atoms with Gasteiger partial charge in [-0.25, -0.2) is 9.38 Å². The molecule has 0 bridgehead atoms. The zero-order chi connectivity index (χ0) is 14.7. The summed E-state index contributed by atoms with van der Waals surface area (Å²) in [5.74, 6) is 0.477. The van der Waals surface area contributed by atoms with Gasteiger partial charge >= 0.3 is 0 Å². The summed E-state index contributed by atoms with van der Waals surface area (Å²) in [5.41, 5.74) is 6.88. The van der Waals surface area contributed by atoms with Gasteiger partial charge in [0, 0.05) is 17.8 Å². The maximum Gasteiger partial charge on any atom is 0.196 e. The first kappa shape index (κ1) is 14.3. The maximum atomic E-state index is 13.3. The second-order valence-corrected chi connectivity index (χ2v) is 6.05. The largest absolute Gasteiger partial charge is 0.353 e. The highest BCUT2D eigenvalue weighted by Gasteiger charge is 2.25. The average Bonchev–Trinajstić information content (AvgIpc) is 3.25. The van der Waals surface area contributed by atoms with E-state index in [1.165, 1.54) is 37.8 Å². The monoisotopic (exact) mass is 290 g/mol. The molecule has 114 valence electrons. The van der Waals surface area contributed by atoms with Crippen LogP contribution in [0.5, 0.6) is 0 Å². The Morgan fingerprint density at radius 1 is 1.19 bits per heavy atom. The number of halogens is 1. The number of rotatable bonds is 3. The lowest BCUT2D eigenvalue weighted by Crippen LogP contribution is -2.40. The van der Waals surface area contributed by atoms with Gasteiger partial charge in [-0.2, -0.15) is 0 Å². The van der Waals surface area contributed by atoms with Crippen LogP contribution < -0.4 is 16.4 Å². The van der Waals surface area contributed by atoms with E-state index in [0.29, 0.717) is 11.7 Å². The van der Waals surface area contributed by atoms with Crippen molar-refractivity contribution in [1.29, 1.82) is 0 Å². The van der Waals surface area contributed by atoms with Crippen LogP contribution in [0.25, 0.3) is 0 Å². The first-order chi connectivity index (χ1) is 10.2. The van der Waals surface area contributed by atoms with Gasteiger partial charge in [-0.05, 0) is 43.9 Å². The van der Waals surface area contributed by atoms with E-state index < -0.39 is 0 Å². The fraction of sp³-hybridized carbons (Fsp3) is 0.562. The van der Waals surface area contributed by atoms with Crippen LogP contribution in [0.4, 0.5) is 10.1 Å². The quantitative estimate of drug-likeness (QED) is 0.592. The Bertz CT molecular complexity index is 513. The van der Waals surface area contributed by atoms with Crippen LogP contribution in [0.2, 0.25) is 0 Å². The highest BCUT2D eigenvalue weighted by Crippen LogP contribution is 2.22. The molecule has 2 atom stereocenters. The third kappa shape index (κ3) is 4.17. The molecule has 0 spiro atoms. The molecule has 1 aromatic rings. The van der Waals surface area contributed by atoms with Crippen molar-refractivity contribution in [2.75, 3.05) is 5.32 Å². The summed E-state index contributed by atoms with van der Waals surface area (Å²) >= 11 is 0. The Kier molecular flexibility index (Phi) is 4.39. The summed E-state index contributed by atoms with van der Waals surface area (Å²) in [6, 6.07) is 7.22. The molecule has 3 rings (SSSR count). The maximum absolute atomic E-state index is 13.3. The van der Waals surface area contributed by atoms with Gasteiger partial charge < -0.3 is 16.4 Å². The van der Waals surface area contributed by atoms with Crippen LogP contribution >= 0.6 is 0 Å². The molecule has 2 saturated carbocycles. The molecule has 0 radical (unpaired) electrons. The molecule has 1 aromatic carbocycles. The predicted molar refractivity (Wildman–Crippen MR) is 83.8 cm³/mol. The second kappa shape index (κ2) is 6.43. The smallest absolute Gasteiger partial charge is 0.196 e. The standard InChI is InChI=1S/C16H23FN4/c17-11-4-3-5-13(10-11)20-16(19-12-8-9-12)21-15-7-2-1-6-14(15)18/h3-5,10,12,14-15H,1-2,6-9,18H2,(H2,19,20,21)/t14-,15-/m0/s1. The molecule has 5 heteroatoms. The summed E-state index contributed by atoms with van der Waals surface area (Å²) < 4.78 is 13.3. The number of guanidine groups is 1. The molecular formula is C16H23FN4. The van der Waals surface area contributed by atoms with Crippen molar-refractivity contribution in [3.63, 3.8) is 0 Å². The molecule has 0 saturated heterocycles. The van der Waals surface area contributed by atoms with E-state index in [-0.39, 0.29) is 17.9 Å². The van der Waals surface area contributed by atoms with Crippen LogP contribution in [-0.4, -0.2) is 24.1 Å². The van der Waals surface area contributed by atoms with Crippen molar-refractivity contribution in [1.82, 2.24) is 5.32 Å². The number of hydrogen-bond acceptors (Lipinski definition) is 2. The van der Waals surface area contributed by atoms with Crippen LogP contribution in [0.1, 0.15) is 38.5 Å². The number of nitrogens with zero attached hydrogens (tertiary/aromatic N) is 1. The van der Waals surface area contributed by atoms with Crippen molar-refractivity contribution in [2.24, 2.45) is 10.7 Å². The molecule has 0 amide bonds. The SMILES string of the molecule is N[C@H]1CCCC[C@@H]1N=C(Nc1cccc(F)c1)NC1CC1. The second-order valence-electron chi connectivity index (χ2n) is 6.05. The van der Waals surface area contributed by atoms with Crippen molar-refractivity contribution >= 4 is 11.6 Å². The molecule has 0 aliphatic heterocycles. The third-order valence-electron chi connectivity index (χ3n) is 4.08. The Balaban J connectivity index is 1.73. The van der Waals surface area contributed by atoms with Gasteiger partial charge in [-0.3, -0.25) is 0 Å². The lowest BCUT2D eigenvalue weighted by Gasteiger charge is -2.26. The summed E-state index contributed by atoms with van der Waals surface area (Å²) in [4.78, 5) is 4.77. The predicted octanol–water partition coefficient (Wildman–Crippen LogP) is 2.62. The molecule has 2 fully saturated rings. The molecular weight excluding hydrogens is 267 g/mol. The summed E-state index contributed by atoms with van der Waals surface area (Å²) in [6.45, 7) is 0. The molecule has 2 aliphatic rings. The number of nitrogens with two attached hydrogens (primary N) is 1. The van der Waals surface area contributed by atoms with E-state index in [4.69, 9.17) is 10.7 Å². The fourth-order valence-corrected chi connectivity index (χ4v) is 2.70. The van der Waals surface area contributed by atoms with Crippen LogP contribution in [-0.2, 0) is 0 Å². The van der Waals surface area contributed by atoms with Crippen LogP contribution in [0.15, 0.2) is 29.3 Å². The Labute approximate surface area is 125 Å². The van der Waals surface area contributed by atoms with E-state index in [1.54, 1.807) is 6.07 Å². The Morgan fingerprint density at radius 3 is 2.71 bits per heavy atom. The summed E-state index contributed by atoms with van der Waals surface area (Å²) in [7, 11) is 0. The van der Waals surface area contributed by atoms with E-state index in [9.17, 15) is 4.39 Å². The van der Waals surface area contributed by atoms with Gasteiger partial charge in [-0.1, -0.05) is 18.9 Å². The van der Waals surface area contributed by atoms with Gasteiger partial charge in [-0.15, -0.1) is 0 Å². The lowest BCUT2D eigenvalue weighted by atomic mass is 9.91. The number of hydrogen-bond donors (Lipinski definition) is 3. The number of benzene rings is 1. The van der Waals surface area contributed by atoms with E-state index in [1.807, 2.05) is 6.07 Å². The van der Waals surface area contributed by atoms with Gasteiger partial charge in [0.25, 0.3) is 0 Å². The Hall–Kier alpha value is -1.62. The fourth-order valence-electron chi connectivity index (χ4n) is 2.70. The number of anilines is 1. The highest BCUT2D eigenvalue weighted by atomic mass is 19.1. The minimum absolute atomic E-state index is 0.129. The van der Waals surface area contributed by atoms with E-state index in [2.05, 4.69) is 10.6 Å². The molecule has 0 unspecified atom stereocenters.